The van der Waals surface area contributed by atoms with Crippen molar-refractivity contribution < 1.29 is 9.47 Å². The number of rotatable bonds is 4. The normalized spacial score (nSPS) is 12.5. The number of ether oxygens (including phenoxy) is 2. The third kappa shape index (κ3) is 5.32. The highest BCUT2D eigenvalue weighted by Crippen LogP contribution is 2.52. The molecule has 0 atom stereocenters. The van der Waals surface area contributed by atoms with Gasteiger partial charge in [0.25, 0.3) is 0 Å². The molecule has 2 aliphatic heterocycles. The first-order chi connectivity index (χ1) is 29.8. The molecule has 60 heavy (non-hydrogen) atoms. The van der Waals surface area contributed by atoms with Crippen molar-refractivity contribution in [1.82, 2.24) is 37.9 Å². The van der Waals surface area contributed by atoms with Crippen molar-refractivity contribution in [2.24, 2.45) is 0 Å². The number of hydrogen-bond acceptors (Lipinski definition) is 8. The van der Waals surface area contributed by atoms with Gasteiger partial charge in [-0.2, -0.15) is 0 Å². The predicted molar refractivity (Wildman–Crippen MR) is 232 cm³/mol. The topological polar surface area (TPSA) is 95.2 Å². The van der Waals surface area contributed by atoms with Crippen LogP contribution in [0.3, 0.4) is 0 Å². The van der Waals surface area contributed by atoms with Crippen LogP contribution in [-0.2, 0) is 0 Å². The molecular formula is C48H32N10O2. The van der Waals surface area contributed by atoms with Gasteiger partial charge in [0.05, 0.1) is 57.8 Å². The molecule has 0 radical (unpaired) electrons. The second-order valence-electron chi connectivity index (χ2n) is 14.3. The van der Waals surface area contributed by atoms with E-state index in [2.05, 4.69) is 99.2 Å². The molecule has 13 rings (SSSR count). The average Bonchev–Trinajstić information content (AvgIpc) is 4.16. The Bertz CT molecular complexity index is 3280. The van der Waals surface area contributed by atoms with Crippen molar-refractivity contribution in [3.05, 3.63) is 196 Å². The standard InChI is InChI=1S/C24H15N5O.C24H17N5O/c1-3-7-21-18(5-1)29(19-6-2-4-8-22(19)30-21)16-9-10-17-20(15-16)28-14-12-26-24(28)23-25-11-13-27(17)23;1-3-7-23-20(5-1)29(21-6-2-4-8-24(21)30-23)18-9-10-19(27-13-11-25-16-27)22(15-18)28-14-12-26-17-28/h1-15H;1-17H. The second-order valence-corrected chi connectivity index (χ2v) is 14.3. The van der Waals surface area contributed by atoms with Gasteiger partial charge in [-0.25, -0.2) is 19.9 Å². The van der Waals surface area contributed by atoms with Gasteiger partial charge in [-0.1, -0.05) is 48.5 Å². The quantitative estimate of drug-likeness (QED) is 0.174. The number of hydrogen-bond donors (Lipinski definition) is 0. The van der Waals surface area contributed by atoms with Gasteiger partial charge < -0.3 is 28.4 Å². The monoisotopic (exact) mass is 780 g/mol. The molecule has 0 saturated carbocycles. The minimum Gasteiger partial charge on any atom is -0.453 e. The van der Waals surface area contributed by atoms with E-state index in [4.69, 9.17) is 9.47 Å². The Morgan fingerprint density at radius 3 is 1.32 bits per heavy atom. The van der Waals surface area contributed by atoms with Crippen molar-refractivity contribution in [1.29, 1.82) is 0 Å². The third-order valence-corrected chi connectivity index (χ3v) is 10.9. The van der Waals surface area contributed by atoms with Crippen molar-refractivity contribution >= 4 is 56.5 Å². The number of fused-ring (bicyclic) bond motifs is 10. The Hall–Kier alpha value is -8.64. The highest BCUT2D eigenvalue weighted by atomic mass is 16.5. The molecule has 0 aliphatic carbocycles. The molecule has 6 aromatic carbocycles. The smallest absolute Gasteiger partial charge is 0.181 e. The minimum atomic E-state index is 0.832. The minimum absolute atomic E-state index is 0.832. The maximum absolute atomic E-state index is 6.15. The van der Waals surface area contributed by atoms with Gasteiger partial charge in [0, 0.05) is 60.9 Å². The zero-order chi connectivity index (χ0) is 39.6. The van der Waals surface area contributed by atoms with E-state index < -0.39 is 0 Å². The number of imidazole rings is 4. The molecule has 0 amide bonds. The fourth-order valence-electron chi connectivity index (χ4n) is 8.22. The van der Waals surface area contributed by atoms with Gasteiger partial charge in [0.2, 0.25) is 0 Å². The number of para-hydroxylation sites is 8. The lowest BCUT2D eigenvalue weighted by Crippen LogP contribution is -2.16. The highest BCUT2D eigenvalue weighted by Gasteiger charge is 2.27. The molecule has 0 bridgehead atoms. The lowest BCUT2D eigenvalue weighted by molar-refractivity contribution is 0.477. The van der Waals surface area contributed by atoms with Crippen LogP contribution in [0.25, 0.3) is 33.7 Å². The van der Waals surface area contributed by atoms with Crippen LogP contribution in [0.2, 0.25) is 0 Å². The molecule has 0 spiro atoms. The number of benzene rings is 6. The van der Waals surface area contributed by atoms with E-state index >= 15 is 0 Å². The summed E-state index contributed by atoms with van der Waals surface area (Å²) in [6, 6.07) is 45.3. The van der Waals surface area contributed by atoms with Gasteiger partial charge >= 0.3 is 0 Å². The van der Waals surface area contributed by atoms with Crippen LogP contribution in [0.5, 0.6) is 23.0 Å². The molecule has 286 valence electrons. The number of anilines is 6. The van der Waals surface area contributed by atoms with Crippen LogP contribution >= 0.6 is 0 Å². The first-order valence-corrected chi connectivity index (χ1v) is 19.4. The zero-order valence-electron chi connectivity index (χ0n) is 31.8. The summed E-state index contributed by atoms with van der Waals surface area (Å²) < 4.78 is 20.5. The zero-order valence-corrected chi connectivity index (χ0v) is 31.8. The van der Waals surface area contributed by atoms with E-state index in [-0.39, 0.29) is 0 Å². The molecule has 7 heterocycles. The maximum Gasteiger partial charge on any atom is 0.181 e. The Balaban J connectivity index is 0.000000129. The molecule has 0 saturated heterocycles. The summed E-state index contributed by atoms with van der Waals surface area (Å²) in [6.07, 6.45) is 18.6. The largest absolute Gasteiger partial charge is 0.453 e. The molecule has 0 fully saturated rings. The summed E-state index contributed by atoms with van der Waals surface area (Å²) in [5.74, 6) is 3.35. The van der Waals surface area contributed by atoms with Crippen LogP contribution in [0.1, 0.15) is 0 Å². The van der Waals surface area contributed by atoms with Crippen LogP contribution in [0.4, 0.5) is 34.1 Å². The van der Waals surface area contributed by atoms with Crippen LogP contribution in [0, 0.1) is 0 Å². The number of nitrogens with zero attached hydrogens (tertiary/aromatic N) is 10. The van der Waals surface area contributed by atoms with E-state index in [1.807, 2.05) is 119 Å². The molecule has 5 aromatic heterocycles. The van der Waals surface area contributed by atoms with E-state index in [9.17, 15) is 0 Å². The highest BCUT2D eigenvalue weighted by molar-refractivity contribution is 5.93. The van der Waals surface area contributed by atoms with Crippen LogP contribution < -0.4 is 19.3 Å². The molecule has 12 heteroatoms. The Morgan fingerprint density at radius 1 is 0.367 bits per heavy atom. The number of aromatic nitrogens is 8. The molecule has 0 unspecified atom stereocenters. The summed E-state index contributed by atoms with van der Waals surface area (Å²) in [5.41, 5.74) is 12.0. The van der Waals surface area contributed by atoms with Crippen LogP contribution in [-0.4, -0.2) is 37.9 Å². The van der Waals surface area contributed by atoms with Crippen molar-refractivity contribution in [2.75, 3.05) is 9.80 Å². The van der Waals surface area contributed by atoms with E-state index in [0.29, 0.717) is 0 Å². The molecule has 12 nitrogen and oxygen atoms in total. The predicted octanol–water partition coefficient (Wildman–Crippen LogP) is 11.3. The van der Waals surface area contributed by atoms with E-state index in [1.54, 1.807) is 25.0 Å². The molecular weight excluding hydrogens is 749 g/mol. The van der Waals surface area contributed by atoms with Crippen LogP contribution in [0.15, 0.2) is 196 Å². The Labute approximate surface area is 342 Å². The van der Waals surface area contributed by atoms with Gasteiger partial charge in [0.15, 0.2) is 34.3 Å². The fourth-order valence-corrected chi connectivity index (χ4v) is 8.22. The molecule has 0 N–H and O–H groups in total. The lowest BCUT2D eigenvalue weighted by atomic mass is 10.1. The average molecular weight is 781 g/mol. The Kier molecular flexibility index (Phi) is 7.53. The maximum atomic E-state index is 6.15. The summed E-state index contributed by atoms with van der Waals surface area (Å²) >= 11 is 0. The van der Waals surface area contributed by atoms with Gasteiger partial charge in [0.1, 0.15) is 0 Å². The fraction of sp³-hybridized carbons (Fsp3) is 0. The second kappa shape index (κ2) is 13.5. The first-order valence-electron chi connectivity index (χ1n) is 19.4. The summed E-state index contributed by atoms with van der Waals surface area (Å²) in [4.78, 5) is 21.9. The van der Waals surface area contributed by atoms with Crippen molar-refractivity contribution in [3.63, 3.8) is 0 Å². The van der Waals surface area contributed by atoms with Gasteiger partial charge in [-0.05, 0) is 84.9 Å². The van der Waals surface area contributed by atoms with E-state index in [0.717, 1.165) is 90.8 Å². The molecule has 2 aliphatic rings. The van der Waals surface area contributed by atoms with Crippen molar-refractivity contribution in [2.45, 2.75) is 0 Å². The summed E-state index contributed by atoms with van der Waals surface area (Å²) in [7, 11) is 0. The lowest BCUT2D eigenvalue weighted by Gasteiger charge is -2.33. The summed E-state index contributed by atoms with van der Waals surface area (Å²) in [6.45, 7) is 0. The first kappa shape index (κ1) is 33.5. The van der Waals surface area contributed by atoms with Gasteiger partial charge in [-0.15, -0.1) is 0 Å². The van der Waals surface area contributed by atoms with E-state index in [1.165, 1.54) is 0 Å². The molecule has 11 aromatic rings. The Morgan fingerprint density at radius 2 is 0.817 bits per heavy atom. The van der Waals surface area contributed by atoms with Crippen molar-refractivity contribution in [3.8, 4) is 34.4 Å². The third-order valence-electron chi connectivity index (χ3n) is 10.9. The summed E-state index contributed by atoms with van der Waals surface area (Å²) in [5, 5.41) is 0. The van der Waals surface area contributed by atoms with Gasteiger partial charge in [-0.3, -0.25) is 8.80 Å². The SMILES string of the molecule is c1ccc2c(c1)Oc1ccccc1N2c1ccc(-n2ccnc2)c(-n2ccnc2)c1.c1ccc2c(c1)Oc1ccccc1N2c1ccc2c(c1)n1ccnc1c1nccn21.